The van der Waals surface area contributed by atoms with Crippen LogP contribution in [0.5, 0.6) is 0 Å². The molecule has 0 spiro atoms. The molecule has 0 unspecified atom stereocenters. The highest BCUT2D eigenvalue weighted by Crippen LogP contribution is 2.00. The van der Waals surface area contributed by atoms with Gasteiger partial charge in [-0.05, 0) is 31.0 Å². The van der Waals surface area contributed by atoms with Gasteiger partial charge in [0, 0.05) is 11.9 Å². The van der Waals surface area contributed by atoms with E-state index in [2.05, 4.69) is 24.0 Å². The minimum atomic E-state index is 0.702. The zero-order valence-corrected chi connectivity index (χ0v) is 6.88. The third-order valence-corrected chi connectivity index (χ3v) is 1.68. The third kappa shape index (κ3) is 2.31. The maximum atomic E-state index is 5.40. The smallest absolute Gasteiger partial charge is 0.0401 e. The second kappa shape index (κ2) is 4.09. The van der Waals surface area contributed by atoms with Gasteiger partial charge < -0.3 is 5.73 Å². The Balaban J connectivity index is 2.66. The number of hydrogen-bond donors (Lipinski definition) is 1. The molecule has 0 aliphatic carbocycles. The van der Waals surface area contributed by atoms with Crippen molar-refractivity contribution in [3.8, 4) is 0 Å². The molecule has 0 amide bonds. The number of rotatable bonds is 3. The summed E-state index contributed by atoms with van der Waals surface area (Å²) >= 11 is 0. The molecule has 60 valence electrons. The summed E-state index contributed by atoms with van der Waals surface area (Å²) in [4.78, 5) is 4.26. The third-order valence-electron chi connectivity index (χ3n) is 1.68. The van der Waals surface area contributed by atoms with Crippen LogP contribution >= 0.6 is 0 Å². The predicted octanol–water partition coefficient (Wildman–Crippen LogP) is 1.15. The van der Waals surface area contributed by atoms with Gasteiger partial charge in [0.05, 0.1) is 0 Å². The number of aryl methyl sites for hydroxylation is 1. The van der Waals surface area contributed by atoms with Gasteiger partial charge in [-0.2, -0.15) is 0 Å². The minimum Gasteiger partial charge on any atom is -0.330 e. The van der Waals surface area contributed by atoms with Gasteiger partial charge in [-0.3, -0.25) is 4.98 Å². The molecule has 0 fully saturated rings. The zero-order valence-electron chi connectivity index (χ0n) is 6.88. The molecular weight excluding hydrogens is 136 g/mol. The van der Waals surface area contributed by atoms with E-state index in [1.54, 1.807) is 0 Å². The van der Waals surface area contributed by atoms with E-state index in [0.717, 1.165) is 18.5 Å². The Bertz CT molecular complexity index is 203. The summed E-state index contributed by atoms with van der Waals surface area (Å²) in [6, 6.07) is 4.16. The number of hydrogen-bond acceptors (Lipinski definition) is 2. The lowest BCUT2D eigenvalue weighted by Crippen LogP contribution is -2.03. The largest absolute Gasteiger partial charge is 0.330 e. The van der Waals surface area contributed by atoms with Crippen LogP contribution in [0, 0.1) is 0 Å². The van der Waals surface area contributed by atoms with Gasteiger partial charge in [-0.15, -0.1) is 0 Å². The zero-order chi connectivity index (χ0) is 8.10. The van der Waals surface area contributed by atoms with Crippen molar-refractivity contribution in [2.75, 3.05) is 6.54 Å². The summed E-state index contributed by atoms with van der Waals surface area (Å²) in [5, 5.41) is 0. The highest BCUT2D eigenvalue weighted by Gasteiger charge is 1.91. The Labute approximate surface area is 67.5 Å². The first-order chi connectivity index (χ1) is 5.36. The van der Waals surface area contributed by atoms with E-state index in [4.69, 9.17) is 5.73 Å². The van der Waals surface area contributed by atoms with E-state index in [-0.39, 0.29) is 0 Å². The van der Waals surface area contributed by atoms with Crippen molar-refractivity contribution < 1.29 is 0 Å². The first-order valence-electron chi connectivity index (χ1n) is 4.00. The Kier molecular flexibility index (Phi) is 3.05. The molecule has 2 N–H and O–H groups in total. The summed E-state index contributed by atoms with van der Waals surface area (Å²) in [7, 11) is 0. The Morgan fingerprint density at radius 3 is 2.73 bits per heavy atom. The molecule has 0 aliphatic rings. The molecule has 0 aromatic carbocycles. The maximum Gasteiger partial charge on any atom is 0.0401 e. The first-order valence-corrected chi connectivity index (χ1v) is 4.00. The quantitative estimate of drug-likeness (QED) is 0.702. The van der Waals surface area contributed by atoms with Crippen LogP contribution in [0.1, 0.15) is 18.2 Å². The lowest BCUT2D eigenvalue weighted by molar-refractivity contribution is 0.941. The van der Waals surface area contributed by atoms with Crippen molar-refractivity contribution in [1.82, 2.24) is 4.98 Å². The van der Waals surface area contributed by atoms with Gasteiger partial charge in [-0.25, -0.2) is 0 Å². The summed E-state index contributed by atoms with van der Waals surface area (Å²) in [6.45, 7) is 2.80. The molecule has 1 heterocycles. The van der Waals surface area contributed by atoms with Crippen LogP contribution in [0.15, 0.2) is 18.3 Å². The molecule has 1 aromatic rings. The minimum absolute atomic E-state index is 0.702. The van der Waals surface area contributed by atoms with E-state index in [1.807, 2.05) is 6.20 Å². The van der Waals surface area contributed by atoms with Crippen LogP contribution in [0.4, 0.5) is 0 Å². The van der Waals surface area contributed by atoms with Gasteiger partial charge >= 0.3 is 0 Å². The Morgan fingerprint density at radius 2 is 2.27 bits per heavy atom. The van der Waals surface area contributed by atoms with Crippen molar-refractivity contribution in [3.05, 3.63) is 29.6 Å². The van der Waals surface area contributed by atoms with Gasteiger partial charge in [0.25, 0.3) is 0 Å². The molecule has 0 saturated carbocycles. The molecule has 0 bridgehead atoms. The Hall–Kier alpha value is -0.890. The monoisotopic (exact) mass is 150 g/mol. The highest BCUT2D eigenvalue weighted by molar-refractivity contribution is 5.14. The summed E-state index contributed by atoms with van der Waals surface area (Å²) in [5.41, 5.74) is 7.77. The fraction of sp³-hybridized carbons (Fsp3) is 0.444. The van der Waals surface area contributed by atoms with Crippen molar-refractivity contribution >= 4 is 0 Å². The van der Waals surface area contributed by atoms with Crippen LogP contribution < -0.4 is 5.73 Å². The Morgan fingerprint density at radius 1 is 1.45 bits per heavy atom. The van der Waals surface area contributed by atoms with Crippen LogP contribution in [-0.2, 0) is 12.8 Å². The number of aromatic nitrogens is 1. The van der Waals surface area contributed by atoms with E-state index in [9.17, 15) is 0 Å². The van der Waals surface area contributed by atoms with Gasteiger partial charge in [0.2, 0.25) is 0 Å². The van der Waals surface area contributed by atoms with E-state index in [1.165, 1.54) is 5.56 Å². The molecule has 11 heavy (non-hydrogen) atoms. The van der Waals surface area contributed by atoms with E-state index >= 15 is 0 Å². The normalized spacial score (nSPS) is 10.0. The fourth-order valence-electron chi connectivity index (χ4n) is 0.979. The average Bonchev–Trinajstić information content (AvgIpc) is 2.07. The average molecular weight is 150 g/mol. The lowest BCUT2D eigenvalue weighted by Gasteiger charge is -1.98. The molecule has 1 rings (SSSR count). The van der Waals surface area contributed by atoms with Gasteiger partial charge in [-0.1, -0.05) is 13.0 Å². The molecule has 0 aliphatic heterocycles. The van der Waals surface area contributed by atoms with Crippen LogP contribution in [0.25, 0.3) is 0 Å². The molecular formula is C9H14N2. The van der Waals surface area contributed by atoms with Crippen molar-refractivity contribution in [2.45, 2.75) is 19.8 Å². The van der Waals surface area contributed by atoms with E-state index < -0.39 is 0 Å². The SMILES string of the molecule is CCc1ccc(CCN)cn1. The molecule has 1 aromatic heterocycles. The fourth-order valence-corrected chi connectivity index (χ4v) is 0.979. The van der Waals surface area contributed by atoms with Crippen LogP contribution in [-0.4, -0.2) is 11.5 Å². The van der Waals surface area contributed by atoms with E-state index in [0.29, 0.717) is 6.54 Å². The number of nitrogens with zero attached hydrogens (tertiary/aromatic N) is 1. The molecule has 2 heteroatoms. The number of nitrogens with two attached hydrogens (primary N) is 1. The standard InChI is InChI=1S/C9H14N2/c1-2-9-4-3-8(5-6-10)7-11-9/h3-4,7H,2,5-6,10H2,1H3. The summed E-state index contributed by atoms with van der Waals surface area (Å²) in [6.07, 6.45) is 3.84. The van der Waals surface area contributed by atoms with Crippen LogP contribution in [0.2, 0.25) is 0 Å². The molecule has 2 nitrogen and oxygen atoms in total. The van der Waals surface area contributed by atoms with Crippen molar-refractivity contribution in [1.29, 1.82) is 0 Å². The first kappa shape index (κ1) is 8.21. The lowest BCUT2D eigenvalue weighted by atomic mass is 10.2. The topological polar surface area (TPSA) is 38.9 Å². The van der Waals surface area contributed by atoms with Gasteiger partial charge in [0.15, 0.2) is 0 Å². The highest BCUT2D eigenvalue weighted by atomic mass is 14.7. The van der Waals surface area contributed by atoms with Gasteiger partial charge in [0.1, 0.15) is 0 Å². The van der Waals surface area contributed by atoms with Crippen molar-refractivity contribution in [3.63, 3.8) is 0 Å². The summed E-state index contributed by atoms with van der Waals surface area (Å²) in [5.74, 6) is 0. The molecule has 0 atom stereocenters. The van der Waals surface area contributed by atoms with Crippen LogP contribution in [0.3, 0.4) is 0 Å². The number of pyridine rings is 1. The predicted molar refractivity (Wildman–Crippen MR) is 46.4 cm³/mol. The maximum absolute atomic E-state index is 5.40. The molecule has 0 saturated heterocycles. The van der Waals surface area contributed by atoms with Crippen molar-refractivity contribution in [2.24, 2.45) is 5.73 Å². The second-order valence-corrected chi connectivity index (χ2v) is 2.55. The molecule has 0 radical (unpaired) electrons. The summed E-state index contributed by atoms with van der Waals surface area (Å²) < 4.78 is 0. The second-order valence-electron chi connectivity index (χ2n) is 2.55.